The van der Waals surface area contributed by atoms with Gasteiger partial charge in [0.2, 0.25) is 0 Å². The number of anilines is 2. The minimum absolute atomic E-state index is 0.0152. The summed E-state index contributed by atoms with van der Waals surface area (Å²) in [6.45, 7) is 1.57. The molecule has 0 saturated carbocycles. The molecule has 2 amide bonds. The van der Waals surface area contributed by atoms with Crippen molar-refractivity contribution < 1.29 is 55.0 Å². The van der Waals surface area contributed by atoms with E-state index in [2.05, 4.69) is 41.2 Å². The van der Waals surface area contributed by atoms with Crippen LogP contribution in [0.5, 0.6) is 11.5 Å². The second-order valence-corrected chi connectivity index (χ2v) is 15.6. The number of unbranched alkanes of at least 4 members (excludes halogenated alkanes) is 2. The van der Waals surface area contributed by atoms with Gasteiger partial charge in [0, 0.05) is 56.0 Å². The molecule has 3 heterocycles. The molecule has 2 fully saturated rings. The van der Waals surface area contributed by atoms with Gasteiger partial charge in [-0.1, -0.05) is 0 Å². The normalized spacial score (nSPS) is 16.0. The third-order valence-electron chi connectivity index (χ3n) is 10.3. The van der Waals surface area contributed by atoms with Crippen molar-refractivity contribution >= 4 is 46.7 Å². The van der Waals surface area contributed by atoms with E-state index in [0.29, 0.717) is 76.6 Å². The third-order valence-corrected chi connectivity index (χ3v) is 10.3. The van der Waals surface area contributed by atoms with Gasteiger partial charge in [-0.05, 0) is 88.7 Å². The van der Waals surface area contributed by atoms with Crippen molar-refractivity contribution in [3.8, 4) is 11.5 Å². The lowest BCUT2D eigenvalue weighted by molar-refractivity contribution is -0.138. The number of alkyl halides is 6. The van der Waals surface area contributed by atoms with Gasteiger partial charge in [-0.25, -0.2) is 9.97 Å². The molecular formula is C42H52F6N12O6. The Balaban J connectivity index is 1.43. The zero-order valence-corrected chi connectivity index (χ0v) is 35.7. The number of benzene rings is 2. The summed E-state index contributed by atoms with van der Waals surface area (Å²) in [5, 5.41) is 10.9. The molecule has 2 saturated heterocycles. The number of rotatable bonds is 22. The van der Waals surface area contributed by atoms with Crippen LogP contribution >= 0.6 is 0 Å². The molecule has 2 aliphatic heterocycles. The number of hydrogen-bond acceptors (Lipinski definition) is 12. The van der Waals surface area contributed by atoms with Crippen molar-refractivity contribution in [3.05, 3.63) is 70.3 Å². The number of nitrogens with zero attached hydrogens (tertiary/aromatic N) is 4. The molecule has 0 spiro atoms. The Morgan fingerprint density at radius 2 is 1.05 bits per heavy atom. The Labute approximate surface area is 375 Å². The first-order valence-corrected chi connectivity index (χ1v) is 21.1. The summed E-state index contributed by atoms with van der Waals surface area (Å²) in [4.78, 5) is 69.2. The van der Waals surface area contributed by atoms with E-state index in [4.69, 9.17) is 32.4 Å². The Morgan fingerprint density at radius 3 is 1.39 bits per heavy atom. The third kappa shape index (κ3) is 15.3. The lowest BCUT2D eigenvalue weighted by atomic mass is 9.99. The molecule has 12 N–H and O–H groups in total. The summed E-state index contributed by atoms with van der Waals surface area (Å²) < 4.78 is 98.1. The number of aromatic nitrogens is 2. The second-order valence-electron chi connectivity index (χ2n) is 15.6. The largest absolute Gasteiger partial charge is 0.473 e. The number of aliphatic imine (C=N–C) groups is 2. The average molecular weight is 935 g/mol. The SMILES string of the molecule is NC(N)=NCCCCC(=O)Cc1cc(C(F)(F)F)cc(NC(=O)c2cc(C(=O)Nc3cc(C(F)(F)F)cc(CC(=O)CCCCN=C(N)N)c3O[C@@H]3CCCN3)ncn2)c1O[C@@H]1CCCN1. The molecule has 2 aliphatic rings. The highest BCUT2D eigenvalue weighted by molar-refractivity contribution is 6.08. The Kier molecular flexibility index (Phi) is 17.6. The summed E-state index contributed by atoms with van der Waals surface area (Å²) in [6.07, 6.45) is -7.56. The predicted octanol–water partition coefficient (Wildman–Crippen LogP) is 4.31. The maximum Gasteiger partial charge on any atom is 0.416 e. The van der Waals surface area contributed by atoms with Crippen molar-refractivity contribution in [1.82, 2.24) is 20.6 Å². The summed E-state index contributed by atoms with van der Waals surface area (Å²) in [6, 6.07) is 3.71. The van der Waals surface area contributed by atoms with E-state index in [1.54, 1.807) is 0 Å². The minimum atomic E-state index is -4.93. The lowest BCUT2D eigenvalue weighted by Crippen LogP contribution is -2.29. The summed E-state index contributed by atoms with van der Waals surface area (Å²) in [5.41, 5.74) is 16.7. The molecule has 0 aliphatic carbocycles. The van der Waals surface area contributed by atoms with Crippen LogP contribution in [0.4, 0.5) is 37.7 Å². The van der Waals surface area contributed by atoms with Crippen LogP contribution in [0.25, 0.3) is 0 Å². The smallest absolute Gasteiger partial charge is 0.416 e. The van der Waals surface area contributed by atoms with Gasteiger partial charge in [0.05, 0.1) is 22.5 Å². The standard InChI is InChI=1S/C42H52F6N12O6/c43-41(44,45)25-15-23(17-27(61)7-1-3-11-55-39(49)50)35(65-33-9-5-13-53-33)29(19-25)59-37(63)31-21-32(58-22-57-31)38(64)60-30-20-26(42(46,47)48)16-24(36(30)66-34-10-6-14-54-34)18-28(62)8-2-4-12-56-40(51)52/h15-16,19-22,33-34,53-54H,1-14,17-18H2,(H,59,63)(H,60,64)(H4,49,50,55)(H4,51,52,56)/t33-,34-/m1/s1. The van der Waals surface area contributed by atoms with Crippen LogP contribution in [-0.2, 0) is 34.8 Å². The minimum Gasteiger partial charge on any atom is -0.473 e. The number of guanidine groups is 2. The van der Waals surface area contributed by atoms with E-state index in [-0.39, 0.29) is 60.5 Å². The number of nitrogens with one attached hydrogen (secondary N) is 4. The fraction of sp³-hybridized carbons (Fsp3) is 0.476. The number of hydrogen-bond donors (Lipinski definition) is 8. The molecule has 18 nitrogen and oxygen atoms in total. The molecule has 5 rings (SSSR count). The number of carbonyl (C=O) groups is 4. The van der Waals surface area contributed by atoms with Gasteiger partial charge in [0.1, 0.15) is 53.2 Å². The summed E-state index contributed by atoms with van der Waals surface area (Å²) in [7, 11) is 0. The number of carbonyl (C=O) groups excluding carboxylic acids is 4. The molecule has 3 aromatic rings. The van der Waals surface area contributed by atoms with Gasteiger partial charge >= 0.3 is 12.4 Å². The van der Waals surface area contributed by atoms with Crippen LogP contribution in [0.2, 0.25) is 0 Å². The number of nitrogens with two attached hydrogens (primary N) is 4. The highest BCUT2D eigenvalue weighted by Crippen LogP contribution is 2.41. The van der Waals surface area contributed by atoms with Gasteiger partial charge in [-0.2, -0.15) is 26.3 Å². The van der Waals surface area contributed by atoms with E-state index in [1.807, 2.05) is 0 Å². The van der Waals surface area contributed by atoms with Crippen LogP contribution in [-0.4, -0.2) is 83.9 Å². The van der Waals surface area contributed by atoms with E-state index >= 15 is 0 Å². The van der Waals surface area contributed by atoms with E-state index in [1.165, 1.54) is 0 Å². The first-order chi connectivity index (χ1) is 31.3. The van der Waals surface area contributed by atoms with Crippen LogP contribution < -0.4 is 53.7 Å². The van der Waals surface area contributed by atoms with Crippen LogP contribution in [0.1, 0.15) is 107 Å². The predicted molar refractivity (Wildman–Crippen MR) is 231 cm³/mol. The van der Waals surface area contributed by atoms with E-state index < -0.39 is 94.9 Å². The molecule has 2 aromatic carbocycles. The van der Waals surface area contributed by atoms with Crippen molar-refractivity contribution in [2.24, 2.45) is 32.9 Å². The molecule has 24 heteroatoms. The number of amides is 2. The maximum atomic E-state index is 14.3. The van der Waals surface area contributed by atoms with Crippen molar-refractivity contribution in [2.45, 2.75) is 102 Å². The van der Waals surface area contributed by atoms with Gasteiger partial charge in [0.25, 0.3) is 11.8 Å². The van der Waals surface area contributed by atoms with E-state index in [0.717, 1.165) is 24.5 Å². The molecule has 66 heavy (non-hydrogen) atoms. The van der Waals surface area contributed by atoms with E-state index in [9.17, 15) is 45.5 Å². The number of halogens is 6. The van der Waals surface area contributed by atoms with Gasteiger partial charge in [-0.15, -0.1) is 0 Å². The number of ether oxygens (including phenoxy) is 2. The second kappa shape index (κ2) is 23.1. The van der Waals surface area contributed by atoms with Crippen molar-refractivity contribution in [2.75, 3.05) is 36.8 Å². The average Bonchev–Trinajstić information content (AvgIpc) is 3.97. The number of ketones is 2. The van der Waals surface area contributed by atoms with Crippen molar-refractivity contribution in [1.29, 1.82) is 0 Å². The first-order valence-electron chi connectivity index (χ1n) is 21.1. The highest BCUT2D eigenvalue weighted by atomic mass is 19.4. The lowest BCUT2D eigenvalue weighted by Gasteiger charge is -2.22. The molecule has 1 aromatic heterocycles. The maximum absolute atomic E-state index is 14.3. The molecule has 0 unspecified atom stereocenters. The monoisotopic (exact) mass is 934 g/mol. The molecule has 0 radical (unpaired) electrons. The molecular weight excluding hydrogens is 883 g/mol. The molecule has 0 bridgehead atoms. The summed E-state index contributed by atoms with van der Waals surface area (Å²) in [5.74, 6) is -3.74. The quantitative estimate of drug-likeness (QED) is 0.0302. The topological polar surface area (TPSA) is 289 Å². The van der Waals surface area contributed by atoms with Crippen LogP contribution in [0, 0.1) is 0 Å². The fourth-order valence-corrected chi connectivity index (χ4v) is 7.09. The van der Waals surface area contributed by atoms with Crippen LogP contribution in [0.15, 0.2) is 46.6 Å². The summed E-state index contributed by atoms with van der Waals surface area (Å²) >= 11 is 0. The molecule has 358 valence electrons. The van der Waals surface area contributed by atoms with Gasteiger partial charge in [0.15, 0.2) is 11.9 Å². The van der Waals surface area contributed by atoms with Gasteiger partial charge in [-0.3, -0.25) is 39.8 Å². The fourth-order valence-electron chi connectivity index (χ4n) is 7.09. The Morgan fingerprint density at radius 1 is 0.636 bits per heavy atom. The van der Waals surface area contributed by atoms with Crippen LogP contribution in [0.3, 0.4) is 0 Å². The molecule has 2 atom stereocenters. The highest BCUT2D eigenvalue weighted by Gasteiger charge is 2.36. The first kappa shape index (κ1) is 50.4. The zero-order valence-electron chi connectivity index (χ0n) is 35.7. The van der Waals surface area contributed by atoms with Crippen molar-refractivity contribution in [3.63, 3.8) is 0 Å². The zero-order chi connectivity index (χ0) is 48.0. The Bertz CT molecular complexity index is 2120. The number of Topliss-reactive ketones (excluding diaryl/α,β-unsaturated/α-hetero) is 2. The van der Waals surface area contributed by atoms with Gasteiger partial charge < -0.3 is 43.0 Å². The Hall–Kier alpha value is -6.56.